The lowest BCUT2D eigenvalue weighted by Gasteiger charge is -2.62. The van der Waals surface area contributed by atoms with Crippen molar-refractivity contribution in [2.24, 2.45) is 23.2 Å². The third kappa shape index (κ3) is 3.63. The Hall–Kier alpha value is -1.85. The van der Waals surface area contributed by atoms with Crippen LogP contribution in [0.25, 0.3) is 0 Å². The van der Waals surface area contributed by atoms with Gasteiger partial charge in [-0.25, -0.2) is 4.68 Å². The summed E-state index contributed by atoms with van der Waals surface area (Å²) in [6.07, 6.45) is 4.82. The van der Waals surface area contributed by atoms with Crippen LogP contribution in [-0.4, -0.2) is 27.8 Å². The lowest BCUT2D eigenvalue weighted by molar-refractivity contribution is -0.122. The Bertz CT molecular complexity index is 768. The standard InChI is InChI=1S/C21H34N4O2/c1-7-15-18(10-22-25(20(15)27)11-19(26)23-12(2)3)24-17-9-14-8-16(13(17)4)21(14,5)6/h10,12-14,16-17,24H,7-9,11H2,1-6H3,(H,23,26)/t13?,14-,16+,17+/m0/s1. The van der Waals surface area contributed by atoms with Crippen molar-refractivity contribution in [2.75, 3.05) is 5.32 Å². The van der Waals surface area contributed by atoms with Gasteiger partial charge in [-0.15, -0.1) is 0 Å². The van der Waals surface area contributed by atoms with E-state index in [1.54, 1.807) is 6.20 Å². The van der Waals surface area contributed by atoms with E-state index in [2.05, 4.69) is 36.5 Å². The highest BCUT2D eigenvalue weighted by Gasteiger charge is 2.56. The maximum atomic E-state index is 12.8. The van der Waals surface area contributed by atoms with Crippen LogP contribution in [0.1, 0.15) is 59.9 Å². The van der Waals surface area contributed by atoms with Crippen LogP contribution in [0.5, 0.6) is 0 Å². The fraction of sp³-hybridized carbons (Fsp3) is 0.762. The van der Waals surface area contributed by atoms with Crippen LogP contribution in [-0.2, 0) is 17.8 Å². The molecule has 6 nitrogen and oxygen atoms in total. The molecule has 3 saturated carbocycles. The maximum absolute atomic E-state index is 12.8. The van der Waals surface area contributed by atoms with Crippen LogP contribution in [0.4, 0.5) is 5.69 Å². The maximum Gasteiger partial charge on any atom is 0.272 e. The SMILES string of the molecule is CCc1c(N[C@@H]2C[C@@H]3C[C@H](C2C)C3(C)C)cnn(CC(=O)NC(C)C)c1=O. The highest BCUT2D eigenvalue weighted by atomic mass is 16.2. The van der Waals surface area contributed by atoms with E-state index in [-0.39, 0.29) is 24.1 Å². The molecule has 150 valence electrons. The molecule has 4 rings (SSSR count). The van der Waals surface area contributed by atoms with Crippen molar-refractivity contribution in [3.63, 3.8) is 0 Å². The summed E-state index contributed by atoms with van der Waals surface area (Å²) in [7, 11) is 0. The quantitative estimate of drug-likeness (QED) is 0.803. The first-order chi connectivity index (χ1) is 12.6. The predicted octanol–water partition coefficient (Wildman–Crippen LogP) is 2.81. The van der Waals surface area contributed by atoms with Crippen LogP contribution in [0.3, 0.4) is 0 Å². The molecule has 1 heterocycles. The van der Waals surface area contributed by atoms with E-state index in [4.69, 9.17) is 0 Å². The highest BCUT2D eigenvalue weighted by Crippen LogP contribution is 2.61. The van der Waals surface area contributed by atoms with Gasteiger partial charge in [0, 0.05) is 17.6 Å². The number of aromatic nitrogens is 2. The normalized spacial score (nSPS) is 28.6. The summed E-state index contributed by atoms with van der Waals surface area (Å²) in [6, 6.07) is 0.427. The third-order valence-corrected chi connectivity index (χ3v) is 6.94. The topological polar surface area (TPSA) is 76.0 Å². The van der Waals surface area contributed by atoms with Crippen molar-refractivity contribution >= 4 is 11.6 Å². The fourth-order valence-corrected chi connectivity index (χ4v) is 5.15. The van der Waals surface area contributed by atoms with Gasteiger partial charge in [-0.3, -0.25) is 9.59 Å². The summed E-state index contributed by atoms with van der Waals surface area (Å²) in [6.45, 7) is 12.8. The molecule has 1 aromatic rings. The molecule has 1 aromatic heterocycles. The molecule has 4 atom stereocenters. The number of hydrogen-bond donors (Lipinski definition) is 2. The molecular weight excluding hydrogens is 340 g/mol. The third-order valence-electron chi connectivity index (χ3n) is 6.94. The molecule has 0 spiro atoms. The van der Waals surface area contributed by atoms with E-state index >= 15 is 0 Å². The van der Waals surface area contributed by atoms with E-state index in [0.717, 1.165) is 23.9 Å². The van der Waals surface area contributed by atoms with Crippen LogP contribution in [0, 0.1) is 23.2 Å². The summed E-state index contributed by atoms with van der Waals surface area (Å²) < 4.78 is 1.27. The molecule has 0 radical (unpaired) electrons. The zero-order valence-electron chi connectivity index (χ0n) is 17.5. The van der Waals surface area contributed by atoms with Crippen molar-refractivity contribution in [1.82, 2.24) is 15.1 Å². The Morgan fingerprint density at radius 3 is 2.63 bits per heavy atom. The predicted molar refractivity (Wildman–Crippen MR) is 108 cm³/mol. The number of carbonyl (C=O) groups is 1. The number of carbonyl (C=O) groups excluding carboxylic acids is 1. The first-order valence-electron chi connectivity index (χ1n) is 10.3. The van der Waals surface area contributed by atoms with Crippen molar-refractivity contribution in [2.45, 2.75) is 79.4 Å². The molecule has 2 N–H and O–H groups in total. The van der Waals surface area contributed by atoms with E-state index in [1.165, 1.54) is 11.1 Å². The summed E-state index contributed by atoms with van der Waals surface area (Å²) in [5.41, 5.74) is 1.82. The Morgan fingerprint density at radius 2 is 2.07 bits per heavy atom. The van der Waals surface area contributed by atoms with Gasteiger partial charge in [0.05, 0.1) is 11.9 Å². The molecule has 3 fully saturated rings. The molecule has 2 bridgehead atoms. The second kappa shape index (κ2) is 7.28. The fourth-order valence-electron chi connectivity index (χ4n) is 5.15. The molecular formula is C21H34N4O2. The highest BCUT2D eigenvalue weighted by molar-refractivity contribution is 5.75. The Kier molecular flexibility index (Phi) is 5.37. The summed E-state index contributed by atoms with van der Waals surface area (Å²) >= 11 is 0. The minimum Gasteiger partial charge on any atom is -0.380 e. The Balaban J connectivity index is 1.76. The molecule has 27 heavy (non-hydrogen) atoms. The number of anilines is 1. The molecule has 6 heteroatoms. The molecule has 0 aromatic carbocycles. The van der Waals surface area contributed by atoms with Gasteiger partial charge in [0.2, 0.25) is 5.91 Å². The Labute approximate surface area is 162 Å². The van der Waals surface area contributed by atoms with Crippen molar-refractivity contribution < 1.29 is 4.79 Å². The number of amides is 1. The van der Waals surface area contributed by atoms with Gasteiger partial charge >= 0.3 is 0 Å². The zero-order chi connectivity index (χ0) is 19.9. The molecule has 1 unspecified atom stereocenters. The first-order valence-corrected chi connectivity index (χ1v) is 10.3. The second-order valence-electron chi connectivity index (χ2n) is 9.28. The van der Waals surface area contributed by atoms with Crippen LogP contribution in [0.2, 0.25) is 0 Å². The average molecular weight is 375 g/mol. The van der Waals surface area contributed by atoms with Crippen LogP contribution < -0.4 is 16.2 Å². The van der Waals surface area contributed by atoms with Crippen LogP contribution in [0.15, 0.2) is 11.0 Å². The molecule has 0 saturated heterocycles. The van der Waals surface area contributed by atoms with Crippen LogP contribution >= 0.6 is 0 Å². The van der Waals surface area contributed by atoms with Crippen molar-refractivity contribution in [1.29, 1.82) is 0 Å². The average Bonchev–Trinajstić information content (AvgIpc) is 2.58. The molecule has 3 aliphatic carbocycles. The largest absolute Gasteiger partial charge is 0.380 e. The number of hydrogen-bond acceptors (Lipinski definition) is 4. The molecule has 3 aliphatic rings. The van der Waals surface area contributed by atoms with Gasteiger partial charge in [-0.1, -0.05) is 27.7 Å². The summed E-state index contributed by atoms with van der Waals surface area (Å²) in [5, 5.41) is 10.7. The van der Waals surface area contributed by atoms with Gasteiger partial charge in [-0.05, 0) is 56.3 Å². The number of nitrogens with one attached hydrogen (secondary N) is 2. The number of nitrogens with zero attached hydrogens (tertiary/aromatic N) is 2. The number of fused-ring (bicyclic) bond motifs is 2. The summed E-state index contributed by atoms with van der Waals surface area (Å²) in [4.78, 5) is 24.8. The lowest BCUT2D eigenvalue weighted by atomic mass is 9.45. The smallest absolute Gasteiger partial charge is 0.272 e. The van der Waals surface area contributed by atoms with Gasteiger partial charge in [0.1, 0.15) is 6.54 Å². The van der Waals surface area contributed by atoms with Crippen molar-refractivity contribution in [3.8, 4) is 0 Å². The van der Waals surface area contributed by atoms with Gasteiger partial charge < -0.3 is 10.6 Å². The van der Waals surface area contributed by atoms with Gasteiger partial charge in [-0.2, -0.15) is 5.10 Å². The Morgan fingerprint density at radius 1 is 1.37 bits per heavy atom. The van der Waals surface area contributed by atoms with Crippen molar-refractivity contribution in [3.05, 3.63) is 22.1 Å². The van der Waals surface area contributed by atoms with Gasteiger partial charge in [0.15, 0.2) is 0 Å². The van der Waals surface area contributed by atoms with E-state index < -0.39 is 0 Å². The second-order valence-corrected chi connectivity index (χ2v) is 9.28. The monoisotopic (exact) mass is 374 g/mol. The molecule has 0 aliphatic heterocycles. The van der Waals surface area contributed by atoms with E-state index in [1.807, 2.05) is 20.8 Å². The minimum absolute atomic E-state index is 0.0392. The first kappa shape index (κ1) is 19.9. The lowest BCUT2D eigenvalue weighted by Crippen LogP contribution is -2.58. The molecule has 1 amide bonds. The van der Waals surface area contributed by atoms with Gasteiger partial charge in [0.25, 0.3) is 5.56 Å². The minimum atomic E-state index is -0.189. The van der Waals surface area contributed by atoms with E-state index in [0.29, 0.717) is 29.4 Å². The van der Waals surface area contributed by atoms with E-state index in [9.17, 15) is 9.59 Å². The summed E-state index contributed by atoms with van der Waals surface area (Å²) in [5.74, 6) is 1.89. The number of rotatable bonds is 6. The zero-order valence-corrected chi connectivity index (χ0v) is 17.5.